The Morgan fingerprint density at radius 3 is 2.50 bits per heavy atom. The summed E-state index contributed by atoms with van der Waals surface area (Å²) in [7, 11) is -1.77. The number of halogens is 1. The quantitative estimate of drug-likeness (QED) is 0.192. The minimum atomic E-state index is -4.25. The summed E-state index contributed by atoms with van der Waals surface area (Å²) in [5, 5.41) is 4.76. The second-order valence-electron chi connectivity index (χ2n) is 12.0. The van der Waals surface area contributed by atoms with Crippen LogP contribution in [0.2, 0.25) is 0 Å². The predicted octanol–water partition coefficient (Wildman–Crippen LogP) is 4.89. The minimum absolute atomic E-state index is 0.101. The van der Waals surface area contributed by atoms with Gasteiger partial charge < -0.3 is 14.7 Å². The molecule has 6 rings (SSSR count). The molecule has 14 heteroatoms. The number of phosphoric ester groups is 1. The molecule has 0 saturated heterocycles. The van der Waals surface area contributed by atoms with Crippen LogP contribution in [0, 0.1) is 12.8 Å². The van der Waals surface area contributed by atoms with Crippen LogP contribution < -0.4 is 5.56 Å². The fourth-order valence-electron chi connectivity index (χ4n) is 5.86. The number of nitrogens with zero attached hydrogens (tertiary/aromatic N) is 5. The van der Waals surface area contributed by atoms with Gasteiger partial charge in [0.05, 0.1) is 24.1 Å². The third kappa shape index (κ3) is 6.22. The lowest BCUT2D eigenvalue weighted by molar-refractivity contribution is 0.0591. The summed E-state index contributed by atoms with van der Waals surface area (Å²) in [4.78, 5) is 53.5. The Morgan fingerprint density at radius 1 is 1.15 bits per heavy atom. The Bertz CT molecular complexity index is 1950. The van der Waals surface area contributed by atoms with E-state index >= 15 is 0 Å². The van der Waals surface area contributed by atoms with Gasteiger partial charge in [-0.1, -0.05) is 15.9 Å². The van der Waals surface area contributed by atoms with Gasteiger partial charge in [0.2, 0.25) is 0 Å². The molecule has 1 aliphatic heterocycles. The smallest absolute Gasteiger partial charge is 0.330 e. The number of aryl methyl sites for hydroxylation is 1. The molecular weight excluding hydrogens is 677 g/mol. The molecule has 4 aromatic rings. The van der Waals surface area contributed by atoms with Crippen molar-refractivity contribution < 1.29 is 28.1 Å². The number of aromatic nitrogens is 3. The molecule has 1 fully saturated rings. The van der Waals surface area contributed by atoms with Crippen molar-refractivity contribution in [1.82, 2.24) is 24.0 Å². The van der Waals surface area contributed by atoms with Crippen molar-refractivity contribution >= 4 is 41.2 Å². The number of rotatable bonds is 9. The number of amides is 2. The molecule has 1 saturated carbocycles. The molecule has 242 valence electrons. The van der Waals surface area contributed by atoms with Crippen molar-refractivity contribution in [3.05, 3.63) is 97.0 Å². The molecule has 12 nitrogen and oxygen atoms in total. The SMILES string of the molecule is COP(=O)(O)OCN(C)C(=O)c1ccc(-n2c(=O)c3c(n4ncc(CC5CC5)c24)CN(C(=O)c2ccc(Br)c(C)c2)[C@@H](C)C3)cc1. The molecule has 1 N–H and O–H groups in total. The molecule has 3 heterocycles. The first-order valence-electron chi connectivity index (χ1n) is 15.0. The third-order valence-electron chi connectivity index (χ3n) is 8.68. The van der Waals surface area contributed by atoms with Gasteiger partial charge in [-0.3, -0.25) is 28.0 Å². The highest BCUT2D eigenvalue weighted by Gasteiger charge is 2.34. The van der Waals surface area contributed by atoms with Crippen molar-refractivity contribution in [2.24, 2.45) is 5.92 Å². The van der Waals surface area contributed by atoms with Gasteiger partial charge in [-0.05, 0) is 93.5 Å². The Hall–Kier alpha value is -3.61. The molecule has 2 atom stereocenters. The van der Waals surface area contributed by atoms with Crippen LogP contribution in [0.15, 0.2) is 57.9 Å². The fraction of sp³-hybridized carbons (Fsp3) is 0.375. The van der Waals surface area contributed by atoms with Crippen molar-refractivity contribution in [3.63, 3.8) is 0 Å². The average molecular weight is 713 g/mol. The largest absolute Gasteiger partial charge is 0.473 e. The van der Waals surface area contributed by atoms with Gasteiger partial charge in [-0.15, -0.1) is 0 Å². The van der Waals surface area contributed by atoms with Gasteiger partial charge in [0.25, 0.3) is 17.4 Å². The fourth-order valence-corrected chi connectivity index (χ4v) is 6.53. The summed E-state index contributed by atoms with van der Waals surface area (Å²) in [5.41, 5.74) is 5.15. The van der Waals surface area contributed by atoms with Crippen LogP contribution in [0.4, 0.5) is 0 Å². The number of benzene rings is 2. The molecule has 46 heavy (non-hydrogen) atoms. The van der Waals surface area contributed by atoms with Crippen LogP contribution in [-0.4, -0.2) is 67.6 Å². The lowest BCUT2D eigenvalue weighted by Crippen LogP contribution is -2.46. The van der Waals surface area contributed by atoms with E-state index in [0.717, 1.165) is 46.9 Å². The number of phosphoric acid groups is 1. The molecule has 0 radical (unpaired) electrons. The highest BCUT2D eigenvalue weighted by Crippen LogP contribution is 2.42. The van der Waals surface area contributed by atoms with E-state index in [2.05, 4.69) is 20.5 Å². The van der Waals surface area contributed by atoms with E-state index in [0.29, 0.717) is 46.1 Å². The van der Waals surface area contributed by atoms with E-state index in [1.165, 1.54) is 7.05 Å². The van der Waals surface area contributed by atoms with Crippen LogP contribution in [-0.2, 0) is 33.0 Å². The molecule has 2 aromatic carbocycles. The summed E-state index contributed by atoms with van der Waals surface area (Å²) >= 11 is 3.51. The molecule has 2 amide bonds. The number of carbonyl (C=O) groups is 2. The van der Waals surface area contributed by atoms with E-state index in [4.69, 9.17) is 9.62 Å². The van der Waals surface area contributed by atoms with Crippen LogP contribution in [0.1, 0.15) is 62.9 Å². The van der Waals surface area contributed by atoms with Gasteiger partial charge in [0, 0.05) is 46.9 Å². The Morgan fingerprint density at radius 2 is 1.85 bits per heavy atom. The Kier molecular flexibility index (Phi) is 8.81. The molecular formula is C32H35BrN5O7P. The van der Waals surface area contributed by atoms with Crippen LogP contribution in [0.3, 0.4) is 0 Å². The maximum absolute atomic E-state index is 14.3. The summed E-state index contributed by atoms with van der Waals surface area (Å²) in [6, 6.07) is 11.9. The van der Waals surface area contributed by atoms with Crippen molar-refractivity contribution in [1.29, 1.82) is 0 Å². The lowest BCUT2D eigenvalue weighted by Gasteiger charge is -2.35. The normalized spacial score (nSPS) is 17.5. The van der Waals surface area contributed by atoms with Gasteiger partial charge in [0.15, 0.2) is 0 Å². The summed E-state index contributed by atoms with van der Waals surface area (Å²) in [5.74, 6) is -0.00332. The van der Waals surface area contributed by atoms with E-state index in [-0.39, 0.29) is 24.1 Å². The second kappa shape index (κ2) is 12.5. The first-order valence-corrected chi connectivity index (χ1v) is 17.3. The van der Waals surface area contributed by atoms with Crippen LogP contribution in [0.5, 0.6) is 0 Å². The van der Waals surface area contributed by atoms with E-state index < -0.39 is 20.5 Å². The van der Waals surface area contributed by atoms with Crippen molar-refractivity contribution in [3.8, 4) is 5.69 Å². The Balaban J connectivity index is 1.37. The second-order valence-corrected chi connectivity index (χ2v) is 14.4. The minimum Gasteiger partial charge on any atom is -0.330 e. The van der Waals surface area contributed by atoms with E-state index in [9.17, 15) is 23.8 Å². The van der Waals surface area contributed by atoms with E-state index in [1.807, 2.05) is 32.2 Å². The predicted molar refractivity (Wildman–Crippen MR) is 174 cm³/mol. The zero-order valence-corrected chi connectivity index (χ0v) is 28.5. The first-order chi connectivity index (χ1) is 21.9. The number of hydrogen-bond acceptors (Lipinski definition) is 7. The van der Waals surface area contributed by atoms with E-state index in [1.54, 1.807) is 44.3 Å². The number of hydrogen-bond donors (Lipinski definition) is 1. The van der Waals surface area contributed by atoms with Crippen molar-refractivity contribution in [2.75, 3.05) is 20.9 Å². The van der Waals surface area contributed by atoms with Gasteiger partial charge in [0.1, 0.15) is 12.4 Å². The first kappa shape index (κ1) is 32.3. The van der Waals surface area contributed by atoms with Gasteiger partial charge in [-0.25, -0.2) is 9.08 Å². The maximum Gasteiger partial charge on any atom is 0.473 e. The molecule has 0 spiro atoms. The molecule has 1 aliphatic carbocycles. The Labute approximate surface area is 274 Å². The molecule has 2 aliphatic rings. The number of carbonyl (C=O) groups excluding carboxylic acids is 2. The van der Waals surface area contributed by atoms with Gasteiger partial charge in [-0.2, -0.15) is 5.10 Å². The standard InChI is InChI=1S/C32H35BrN5O7P/c1-19-13-23(9-12-27(19)33)31(40)36-17-28-26(14-20(36)2)32(41)37(29-24(15-21-5-6-21)16-34-38(28)29)25-10-7-22(8-11-25)30(39)35(3)18-45-46(42,43)44-4/h7-13,16,20-21H,5-6,14-15,17-18H2,1-4H3,(H,42,43)/t20-/m0/s1. The highest BCUT2D eigenvalue weighted by molar-refractivity contribution is 9.10. The summed E-state index contributed by atoms with van der Waals surface area (Å²) < 4.78 is 25.2. The van der Waals surface area contributed by atoms with Crippen molar-refractivity contribution in [2.45, 2.75) is 52.1 Å². The van der Waals surface area contributed by atoms with Gasteiger partial charge >= 0.3 is 7.82 Å². The lowest BCUT2D eigenvalue weighted by atomic mass is 9.98. The summed E-state index contributed by atoms with van der Waals surface area (Å²) in [6.45, 7) is 3.69. The topological polar surface area (TPSA) is 136 Å². The average Bonchev–Trinajstić information content (AvgIpc) is 3.78. The zero-order chi connectivity index (χ0) is 32.9. The van der Waals surface area contributed by atoms with Crippen LogP contribution >= 0.6 is 23.8 Å². The molecule has 0 bridgehead atoms. The third-order valence-corrected chi connectivity index (χ3v) is 10.5. The summed E-state index contributed by atoms with van der Waals surface area (Å²) in [6.07, 6.45) is 5.22. The monoisotopic (exact) mass is 711 g/mol. The number of fused-ring (bicyclic) bond motifs is 3. The highest BCUT2D eigenvalue weighted by atomic mass is 79.9. The zero-order valence-electron chi connectivity index (χ0n) is 26.0. The molecule has 1 unspecified atom stereocenters. The maximum atomic E-state index is 14.3. The molecule has 2 aromatic heterocycles. The van der Waals surface area contributed by atoms with Crippen LogP contribution in [0.25, 0.3) is 11.3 Å².